The standard InChI is InChI=1S/C14H10O2.C2H4Cl2.CH4/c15-13(11-7-3-1-4-8-11)14(16)12-9-5-2-6-10-12;1-2(3)4;/h1-10H;2H,1H3;1H4. The van der Waals surface area contributed by atoms with Crippen LogP contribution < -0.4 is 0 Å². The summed E-state index contributed by atoms with van der Waals surface area (Å²) in [5.41, 5.74) is 0.854. The van der Waals surface area contributed by atoms with Crippen molar-refractivity contribution in [2.24, 2.45) is 0 Å². The highest BCUT2D eigenvalue weighted by Gasteiger charge is 2.16. The lowest BCUT2D eigenvalue weighted by atomic mass is 10.0. The monoisotopic (exact) mass is 324 g/mol. The predicted octanol–water partition coefficient (Wildman–Crippen LogP) is 5.20. The third kappa shape index (κ3) is 7.07. The summed E-state index contributed by atoms with van der Waals surface area (Å²) in [6.45, 7) is 1.70. The van der Waals surface area contributed by atoms with Crippen molar-refractivity contribution < 1.29 is 9.59 Å². The Morgan fingerprint density at radius 3 is 1.24 bits per heavy atom. The van der Waals surface area contributed by atoms with Crippen LogP contribution in [0, 0.1) is 0 Å². The second-order valence-corrected chi connectivity index (χ2v) is 5.44. The molecule has 0 aromatic heterocycles. The molecule has 0 spiro atoms. The van der Waals surface area contributed by atoms with Crippen LogP contribution in [-0.2, 0) is 0 Å². The normalized spacial score (nSPS) is 9.14. The van der Waals surface area contributed by atoms with E-state index in [0.717, 1.165) is 0 Å². The molecule has 0 radical (unpaired) electrons. The van der Waals surface area contributed by atoms with Crippen LogP contribution in [0.1, 0.15) is 35.1 Å². The van der Waals surface area contributed by atoms with Crippen molar-refractivity contribution in [3.05, 3.63) is 71.8 Å². The summed E-state index contributed by atoms with van der Waals surface area (Å²) >= 11 is 10.1. The first-order valence-corrected chi connectivity index (χ1v) is 6.87. The van der Waals surface area contributed by atoms with Gasteiger partial charge in [-0.15, -0.1) is 23.2 Å². The summed E-state index contributed by atoms with van der Waals surface area (Å²) in [5, 5.41) is 0. The molecule has 0 bridgehead atoms. The summed E-state index contributed by atoms with van der Waals surface area (Å²) in [7, 11) is 0. The SMILES string of the molecule is C.CC(Cl)Cl.O=C(C(=O)c1ccccc1)c1ccccc1. The lowest BCUT2D eigenvalue weighted by Crippen LogP contribution is -2.14. The van der Waals surface area contributed by atoms with Gasteiger partial charge in [-0.3, -0.25) is 9.59 Å². The zero-order valence-corrected chi connectivity index (χ0v) is 12.4. The summed E-state index contributed by atoms with van der Waals surface area (Å²) in [6.07, 6.45) is 0. The van der Waals surface area contributed by atoms with Gasteiger partial charge in [0.1, 0.15) is 4.84 Å². The first kappa shape index (κ1) is 19.4. The van der Waals surface area contributed by atoms with Crippen molar-refractivity contribution in [3.63, 3.8) is 0 Å². The smallest absolute Gasteiger partial charge is 0.233 e. The predicted molar refractivity (Wildman–Crippen MR) is 89.4 cm³/mol. The number of alkyl halides is 2. The highest BCUT2D eigenvalue weighted by atomic mass is 35.5. The third-order valence-electron chi connectivity index (χ3n) is 2.28. The molecule has 0 heterocycles. The maximum absolute atomic E-state index is 11.8. The van der Waals surface area contributed by atoms with E-state index in [-0.39, 0.29) is 12.3 Å². The Morgan fingerprint density at radius 1 is 0.762 bits per heavy atom. The molecule has 0 aliphatic rings. The molecule has 4 heteroatoms. The topological polar surface area (TPSA) is 34.1 Å². The summed E-state index contributed by atoms with van der Waals surface area (Å²) < 4.78 is 0. The van der Waals surface area contributed by atoms with Gasteiger partial charge in [0.25, 0.3) is 0 Å². The lowest BCUT2D eigenvalue weighted by Gasteiger charge is -1.99. The number of carbonyl (C=O) groups excluding carboxylic acids is 2. The molecule has 2 aromatic rings. The van der Waals surface area contributed by atoms with Crippen LogP contribution in [0.3, 0.4) is 0 Å². The van der Waals surface area contributed by atoms with Gasteiger partial charge < -0.3 is 0 Å². The summed E-state index contributed by atoms with van der Waals surface area (Å²) in [5.74, 6) is -0.932. The Hall–Kier alpha value is -1.64. The largest absolute Gasteiger partial charge is 0.285 e. The van der Waals surface area contributed by atoms with Crippen molar-refractivity contribution in [1.29, 1.82) is 0 Å². The number of halogens is 2. The van der Waals surface area contributed by atoms with E-state index >= 15 is 0 Å². The molecule has 2 rings (SSSR count). The second kappa shape index (κ2) is 10.1. The van der Waals surface area contributed by atoms with Crippen LogP contribution >= 0.6 is 23.2 Å². The van der Waals surface area contributed by atoms with Crippen LogP contribution in [0.15, 0.2) is 60.7 Å². The van der Waals surface area contributed by atoms with Crippen molar-refractivity contribution >= 4 is 34.8 Å². The Labute approximate surface area is 135 Å². The summed E-state index contributed by atoms with van der Waals surface area (Å²) in [4.78, 5) is 23.4. The van der Waals surface area contributed by atoms with Crippen LogP contribution in [0.25, 0.3) is 0 Å². The number of carbonyl (C=O) groups is 2. The fourth-order valence-electron chi connectivity index (χ4n) is 1.44. The van der Waals surface area contributed by atoms with Gasteiger partial charge in [0, 0.05) is 11.1 Å². The van der Waals surface area contributed by atoms with Crippen molar-refractivity contribution in [3.8, 4) is 0 Å². The van der Waals surface area contributed by atoms with Crippen LogP contribution in [0.4, 0.5) is 0 Å². The van der Waals surface area contributed by atoms with Crippen molar-refractivity contribution in [2.75, 3.05) is 0 Å². The van der Waals surface area contributed by atoms with E-state index < -0.39 is 11.6 Å². The molecule has 2 nitrogen and oxygen atoms in total. The Bertz CT molecular complexity index is 499. The van der Waals surface area contributed by atoms with Gasteiger partial charge in [-0.05, 0) is 6.92 Å². The minimum absolute atomic E-state index is 0. The lowest BCUT2D eigenvalue weighted by molar-refractivity contribution is 0.0817. The quantitative estimate of drug-likeness (QED) is 0.442. The molecular formula is C17H18Cl2O2. The zero-order valence-electron chi connectivity index (χ0n) is 10.9. The van der Waals surface area contributed by atoms with Crippen molar-refractivity contribution in [2.45, 2.75) is 19.2 Å². The number of hydrogen-bond donors (Lipinski definition) is 0. The Balaban J connectivity index is 0.000000715. The Kier molecular flexibility index (Phi) is 9.35. The highest BCUT2D eigenvalue weighted by Crippen LogP contribution is 2.07. The van der Waals surface area contributed by atoms with Crippen LogP contribution in [0.2, 0.25) is 0 Å². The minimum atomic E-state index is -0.466. The van der Waals surface area contributed by atoms with E-state index in [4.69, 9.17) is 23.2 Å². The molecule has 21 heavy (non-hydrogen) atoms. The number of Topliss-reactive ketones (excluding diaryl/α,β-unsaturated/α-hetero) is 2. The van der Waals surface area contributed by atoms with E-state index in [1.165, 1.54) is 0 Å². The van der Waals surface area contributed by atoms with E-state index in [1.807, 2.05) is 12.1 Å². The molecule has 0 atom stereocenters. The molecule has 0 amide bonds. The van der Waals surface area contributed by atoms with E-state index in [9.17, 15) is 9.59 Å². The van der Waals surface area contributed by atoms with E-state index in [1.54, 1.807) is 55.5 Å². The maximum Gasteiger partial charge on any atom is 0.233 e. The first-order valence-electron chi connectivity index (χ1n) is 5.99. The third-order valence-corrected chi connectivity index (χ3v) is 2.28. The van der Waals surface area contributed by atoms with Crippen molar-refractivity contribution in [1.82, 2.24) is 0 Å². The number of benzene rings is 2. The summed E-state index contributed by atoms with van der Waals surface area (Å²) in [6, 6.07) is 17.2. The fourth-order valence-corrected chi connectivity index (χ4v) is 1.44. The van der Waals surface area contributed by atoms with Crippen LogP contribution in [0.5, 0.6) is 0 Å². The van der Waals surface area contributed by atoms with Gasteiger partial charge in [0.2, 0.25) is 11.6 Å². The fraction of sp³-hybridized carbons (Fsp3) is 0.176. The van der Waals surface area contributed by atoms with Gasteiger partial charge in [-0.25, -0.2) is 0 Å². The molecule has 2 aromatic carbocycles. The molecule has 0 saturated carbocycles. The number of rotatable bonds is 3. The van der Waals surface area contributed by atoms with E-state index in [0.29, 0.717) is 11.1 Å². The molecule has 0 aliphatic heterocycles. The van der Waals surface area contributed by atoms with Gasteiger partial charge in [0.05, 0.1) is 0 Å². The van der Waals surface area contributed by atoms with Gasteiger partial charge >= 0.3 is 0 Å². The molecule has 112 valence electrons. The molecular weight excluding hydrogens is 307 g/mol. The molecule has 0 unspecified atom stereocenters. The number of ketones is 2. The van der Waals surface area contributed by atoms with E-state index in [2.05, 4.69) is 0 Å². The van der Waals surface area contributed by atoms with Gasteiger partial charge in [0.15, 0.2) is 0 Å². The number of hydrogen-bond acceptors (Lipinski definition) is 2. The molecule has 0 fully saturated rings. The second-order valence-electron chi connectivity index (χ2n) is 3.91. The minimum Gasteiger partial charge on any atom is -0.285 e. The maximum atomic E-state index is 11.8. The highest BCUT2D eigenvalue weighted by molar-refractivity contribution is 6.49. The zero-order chi connectivity index (χ0) is 15.0. The first-order chi connectivity index (χ1) is 9.52. The van der Waals surface area contributed by atoms with Crippen LogP contribution in [-0.4, -0.2) is 16.4 Å². The molecule has 0 N–H and O–H groups in total. The van der Waals surface area contributed by atoms with Gasteiger partial charge in [-0.2, -0.15) is 0 Å². The average Bonchev–Trinajstić information content (AvgIpc) is 2.47. The Morgan fingerprint density at radius 2 is 1.00 bits per heavy atom. The molecule has 0 saturated heterocycles. The average molecular weight is 325 g/mol. The molecule has 0 aliphatic carbocycles. The van der Waals surface area contributed by atoms with Gasteiger partial charge in [-0.1, -0.05) is 68.1 Å².